The highest BCUT2D eigenvalue weighted by atomic mass is 32.1. The number of anilines is 1. The molecule has 1 atom stereocenters. The van der Waals surface area contributed by atoms with E-state index >= 15 is 0 Å². The summed E-state index contributed by atoms with van der Waals surface area (Å²) in [7, 11) is 1.82. The van der Waals surface area contributed by atoms with Gasteiger partial charge in [0.15, 0.2) is 0 Å². The smallest absolute Gasteiger partial charge is 0.258 e. The van der Waals surface area contributed by atoms with Crippen LogP contribution in [0.15, 0.2) is 0 Å². The number of piperazine rings is 1. The fourth-order valence-electron chi connectivity index (χ4n) is 2.60. The lowest BCUT2D eigenvalue weighted by atomic mass is 9.89. The number of aromatic nitrogens is 1. The van der Waals surface area contributed by atoms with Crippen LogP contribution in [-0.4, -0.2) is 71.1 Å². The average molecular weight is 340 g/mol. The highest BCUT2D eigenvalue weighted by molar-refractivity contribution is 7.10. The third-order valence-electron chi connectivity index (χ3n) is 4.39. The summed E-state index contributed by atoms with van der Waals surface area (Å²) in [5.41, 5.74) is 1.37. The molecular formula is C16H28N4O2S. The molecule has 1 aromatic rings. The quantitative estimate of drug-likeness (QED) is 0.872. The summed E-state index contributed by atoms with van der Waals surface area (Å²) in [5.74, 6) is 0.0524. The Balaban J connectivity index is 1.94. The molecular weight excluding hydrogens is 312 g/mol. The van der Waals surface area contributed by atoms with Gasteiger partial charge < -0.3 is 15.3 Å². The van der Waals surface area contributed by atoms with Gasteiger partial charge in [0.1, 0.15) is 5.00 Å². The van der Waals surface area contributed by atoms with Crippen molar-refractivity contribution >= 4 is 22.4 Å². The molecule has 0 aromatic carbocycles. The summed E-state index contributed by atoms with van der Waals surface area (Å²) in [6.45, 7) is 11.6. The van der Waals surface area contributed by atoms with Gasteiger partial charge in [-0.05, 0) is 23.9 Å². The van der Waals surface area contributed by atoms with Crippen molar-refractivity contribution in [2.45, 2.75) is 33.8 Å². The number of rotatable bonds is 4. The minimum Gasteiger partial charge on any atom is -0.391 e. The van der Waals surface area contributed by atoms with Crippen molar-refractivity contribution in [2.24, 2.45) is 5.41 Å². The second kappa shape index (κ2) is 7.15. The van der Waals surface area contributed by atoms with E-state index < -0.39 is 0 Å². The Hall–Kier alpha value is -1.18. The van der Waals surface area contributed by atoms with Crippen molar-refractivity contribution in [1.29, 1.82) is 0 Å². The number of nitrogens with one attached hydrogen (secondary N) is 1. The van der Waals surface area contributed by atoms with E-state index in [4.69, 9.17) is 0 Å². The maximum atomic E-state index is 12.7. The van der Waals surface area contributed by atoms with Crippen molar-refractivity contribution in [1.82, 2.24) is 14.2 Å². The van der Waals surface area contributed by atoms with Gasteiger partial charge in [0, 0.05) is 39.8 Å². The summed E-state index contributed by atoms with van der Waals surface area (Å²) < 4.78 is 4.27. The van der Waals surface area contributed by atoms with E-state index in [0.29, 0.717) is 25.2 Å². The first-order valence-corrected chi connectivity index (χ1v) is 8.85. The molecule has 1 saturated heterocycles. The number of hydrogen-bond donors (Lipinski definition) is 2. The van der Waals surface area contributed by atoms with Gasteiger partial charge in [0.25, 0.3) is 5.91 Å². The minimum absolute atomic E-state index is 0.0524. The number of aliphatic hydroxyl groups is 1. The molecule has 7 heteroatoms. The van der Waals surface area contributed by atoms with Crippen LogP contribution in [0.1, 0.15) is 36.8 Å². The predicted molar refractivity (Wildman–Crippen MR) is 94.2 cm³/mol. The first kappa shape index (κ1) is 18.2. The molecule has 1 unspecified atom stereocenters. The second-order valence-electron chi connectivity index (χ2n) is 7.20. The van der Waals surface area contributed by atoms with Gasteiger partial charge >= 0.3 is 0 Å². The van der Waals surface area contributed by atoms with Crippen LogP contribution in [0.3, 0.4) is 0 Å². The van der Waals surface area contributed by atoms with Crippen LogP contribution >= 0.6 is 11.5 Å². The van der Waals surface area contributed by atoms with Crippen molar-refractivity contribution in [3.8, 4) is 0 Å². The lowest BCUT2D eigenvalue weighted by Gasteiger charge is -2.38. The molecule has 0 radical (unpaired) electrons. The number of carbonyl (C=O) groups is 1. The number of hydrogen-bond acceptors (Lipinski definition) is 6. The van der Waals surface area contributed by atoms with E-state index in [0.717, 1.165) is 23.8 Å². The van der Waals surface area contributed by atoms with E-state index in [2.05, 4.69) is 14.6 Å². The Morgan fingerprint density at radius 2 is 1.96 bits per heavy atom. The topological polar surface area (TPSA) is 68.7 Å². The zero-order valence-electron chi connectivity index (χ0n) is 14.7. The molecule has 1 aliphatic heterocycles. The highest BCUT2D eigenvalue weighted by Crippen LogP contribution is 2.26. The van der Waals surface area contributed by atoms with Gasteiger partial charge in [-0.25, -0.2) is 0 Å². The standard InChI is InChI=1S/C16H28N4O2S/c1-11-13(14(17-5)23-18-11)15(22)20-8-6-19(7-9-20)10-12(21)16(2,3)4/h12,17,21H,6-10H2,1-5H3. The van der Waals surface area contributed by atoms with Gasteiger partial charge in [-0.3, -0.25) is 9.69 Å². The van der Waals surface area contributed by atoms with E-state index in [1.165, 1.54) is 11.5 Å². The Kier molecular flexibility index (Phi) is 5.65. The number of carbonyl (C=O) groups excluding carboxylic acids is 1. The number of aryl methyl sites for hydroxylation is 1. The van der Waals surface area contributed by atoms with Crippen LogP contribution in [0.2, 0.25) is 0 Å². The molecule has 2 heterocycles. The Morgan fingerprint density at radius 1 is 1.35 bits per heavy atom. The zero-order chi connectivity index (χ0) is 17.2. The molecule has 1 fully saturated rings. The lowest BCUT2D eigenvalue weighted by molar-refractivity contribution is 0.0137. The van der Waals surface area contributed by atoms with E-state index in [9.17, 15) is 9.90 Å². The third-order valence-corrected chi connectivity index (χ3v) is 5.35. The fourth-order valence-corrected chi connectivity index (χ4v) is 3.34. The molecule has 2 rings (SSSR count). The van der Waals surface area contributed by atoms with Crippen LogP contribution in [0, 0.1) is 12.3 Å². The molecule has 1 aliphatic rings. The summed E-state index contributed by atoms with van der Waals surface area (Å²) in [4.78, 5) is 16.9. The molecule has 130 valence electrons. The Labute approximate surface area is 142 Å². The molecule has 2 N–H and O–H groups in total. The number of aliphatic hydroxyl groups excluding tert-OH is 1. The number of amides is 1. The number of β-amino-alcohol motifs (C(OH)–C–C–N with tert-alkyl or cyclic N) is 1. The molecule has 0 aliphatic carbocycles. The molecule has 6 nitrogen and oxygen atoms in total. The van der Waals surface area contributed by atoms with Gasteiger partial charge in [0.2, 0.25) is 0 Å². The van der Waals surface area contributed by atoms with Crippen LogP contribution in [0.4, 0.5) is 5.00 Å². The summed E-state index contributed by atoms with van der Waals surface area (Å²) in [5, 5.41) is 14.1. The van der Waals surface area contributed by atoms with Gasteiger partial charge in [0.05, 0.1) is 17.4 Å². The van der Waals surface area contributed by atoms with Crippen LogP contribution in [0.25, 0.3) is 0 Å². The van der Waals surface area contributed by atoms with E-state index in [-0.39, 0.29) is 17.4 Å². The fraction of sp³-hybridized carbons (Fsp3) is 0.750. The maximum Gasteiger partial charge on any atom is 0.258 e. The van der Waals surface area contributed by atoms with Crippen molar-refractivity contribution in [3.05, 3.63) is 11.3 Å². The predicted octanol–water partition coefficient (Wildman–Crippen LogP) is 1.66. The number of nitrogens with zero attached hydrogens (tertiary/aromatic N) is 3. The molecule has 0 bridgehead atoms. The van der Waals surface area contributed by atoms with Crippen LogP contribution < -0.4 is 5.32 Å². The summed E-state index contributed by atoms with van der Waals surface area (Å²) >= 11 is 1.33. The summed E-state index contributed by atoms with van der Waals surface area (Å²) in [6, 6.07) is 0. The maximum absolute atomic E-state index is 12.7. The zero-order valence-corrected chi connectivity index (χ0v) is 15.5. The Morgan fingerprint density at radius 3 is 2.48 bits per heavy atom. The first-order chi connectivity index (χ1) is 10.7. The molecule has 23 heavy (non-hydrogen) atoms. The lowest BCUT2D eigenvalue weighted by Crippen LogP contribution is -2.51. The van der Waals surface area contributed by atoms with Crippen molar-refractivity contribution in [3.63, 3.8) is 0 Å². The van der Waals surface area contributed by atoms with Crippen molar-refractivity contribution in [2.75, 3.05) is 45.1 Å². The van der Waals surface area contributed by atoms with E-state index in [1.54, 1.807) is 0 Å². The first-order valence-electron chi connectivity index (χ1n) is 8.07. The Bertz CT molecular complexity index is 545. The monoisotopic (exact) mass is 340 g/mol. The molecule has 1 amide bonds. The van der Waals surface area contributed by atoms with Gasteiger partial charge in [-0.2, -0.15) is 4.37 Å². The molecule has 0 saturated carbocycles. The second-order valence-corrected chi connectivity index (χ2v) is 7.97. The normalized spacial score (nSPS) is 18.1. The summed E-state index contributed by atoms with van der Waals surface area (Å²) in [6.07, 6.45) is -0.357. The molecule has 1 aromatic heterocycles. The van der Waals surface area contributed by atoms with Crippen LogP contribution in [-0.2, 0) is 0 Å². The van der Waals surface area contributed by atoms with Crippen LogP contribution in [0.5, 0.6) is 0 Å². The largest absolute Gasteiger partial charge is 0.391 e. The van der Waals surface area contributed by atoms with Gasteiger partial charge in [-0.15, -0.1) is 0 Å². The SMILES string of the molecule is CNc1snc(C)c1C(=O)N1CCN(CC(O)C(C)(C)C)CC1. The minimum atomic E-state index is -0.357. The third kappa shape index (κ3) is 4.22. The van der Waals surface area contributed by atoms with Crippen molar-refractivity contribution < 1.29 is 9.90 Å². The molecule has 0 spiro atoms. The van der Waals surface area contributed by atoms with Gasteiger partial charge in [-0.1, -0.05) is 20.8 Å². The van der Waals surface area contributed by atoms with E-state index in [1.807, 2.05) is 39.6 Å². The average Bonchev–Trinajstić information content (AvgIpc) is 2.87. The highest BCUT2D eigenvalue weighted by Gasteiger charge is 2.29.